The molecule has 0 radical (unpaired) electrons. The third-order valence-corrected chi connectivity index (χ3v) is 13.0. The fraction of sp³-hybridized carbons (Fsp3) is 0. The molecule has 0 saturated heterocycles. The van der Waals surface area contributed by atoms with E-state index in [2.05, 4.69) is 0 Å². The molecule has 3 aromatic carbocycles. The van der Waals surface area contributed by atoms with Crippen LogP contribution in [0.15, 0.2) is 146 Å². The average Bonchev–Trinajstić information content (AvgIpc) is 3.82. The summed E-state index contributed by atoms with van der Waals surface area (Å²) < 4.78 is 18.9. The smallest absolute Gasteiger partial charge is 0.242 e. The molecular weight excluding hydrogens is 665 g/mol. The molecule has 52 heavy (non-hydrogen) atoms. The number of hydrogen-bond donors (Lipinski definition) is 0. The molecule has 244 valence electrons. The minimum absolute atomic E-state index is 0.343. The molecule has 11 rings (SSSR count). The highest BCUT2D eigenvalue weighted by Crippen LogP contribution is 2.52. The van der Waals surface area contributed by atoms with Gasteiger partial charge in [0, 0.05) is 67.8 Å². The van der Waals surface area contributed by atoms with Crippen LogP contribution in [0.5, 0.6) is 0 Å². The Morgan fingerprint density at radius 3 is 1.46 bits per heavy atom. The molecule has 0 spiro atoms. The number of fused-ring (bicyclic) bond motifs is 9. The van der Waals surface area contributed by atoms with Crippen molar-refractivity contribution in [1.29, 1.82) is 0 Å². The Bertz CT molecular complexity index is 2900. The molecule has 0 bridgehead atoms. The van der Waals surface area contributed by atoms with Crippen LogP contribution in [0.2, 0.25) is 0 Å². The third-order valence-electron chi connectivity index (χ3n) is 9.83. The van der Waals surface area contributed by atoms with Crippen molar-refractivity contribution in [3.63, 3.8) is 0 Å². The van der Waals surface area contributed by atoms with Gasteiger partial charge in [0.15, 0.2) is 13.0 Å². The van der Waals surface area contributed by atoms with Crippen LogP contribution in [-0.4, -0.2) is 44.0 Å². The maximum absolute atomic E-state index is 15.1. The van der Waals surface area contributed by atoms with Crippen LogP contribution < -0.4 is 15.9 Å². The second kappa shape index (κ2) is 10.8. The molecule has 0 fully saturated rings. The molecular formula is C41H24N9OP. The Kier molecular flexibility index (Phi) is 6.00. The molecule has 1 atom stereocenters. The van der Waals surface area contributed by atoms with Crippen LogP contribution in [0.4, 0.5) is 0 Å². The van der Waals surface area contributed by atoms with Gasteiger partial charge in [0.1, 0.15) is 22.6 Å². The molecule has 11 heteroatoms. The van der Waals surface area contributed by atoms with Crippen LogP contribution in [0.1, 0.15) is 0 Å². The molecule has 0 amide bonds. The molecule has 1 aliphatic heterocycles. The van der Waals surface area contributed by atoms with Crippen molar-refractivity contribution < 1.29 is 4.57 Å². The number of benzene rings is 3. The van der Waals surface area contributed by atoms with Gasteiger partial charge in [0.2, 0.25) is 11.9 Å². The lowest BCUT2D eigenvalue weighted by Crippen LogP contribution is -2.20. The molecule has 0 N–H and O–H groups in total. The first-order chi connectivity index (χ1) is 25.7. The van der Waals surface area contributed by atoms with Gasteiger partial charge in [-0.25, -0.2) is 29.1 Å². The fourth-order valence-electron chi connectivity index (χ4n) is 7.59. The van der Waals surface area contributed by atoms with E-state index in [-0.39, 0.29) is 0 Å². The summed E-state index contributed by atoms with van der Waals surface area (Å²) in [4.78, 5) is 34.4. The minimum Gasteiger partial charge on any atom is -0.309 e. The maximum Gasteiger partial charge on any atom is 0.242 e. The lowest BCUT2D eigenvalue weighted by molar-refractivity contribution is 0.593. The van der Waals surface area contributed by atoms with Gasteiger partial charge in [-0.15, -0.1) is 0 Å². The molecule has 0 saturated carbocycles. The molecule has 1 aliphatic rings. The Labute approximate surface area is 295 Å². The highest BCUT2D eigenvalue weighted by atomic mass is 31.2. The number of nitrogens with zero attached hydrogens (tertiary/aromatic N) is 9. The SMILES string of the molecule is O=P1(c2ccccc2)c2ccccc2-c2cc(-c3nc(-n4c5ncccc5c5cccnc54)nc(-n4c5ncccc5c5cccnc54)n3)ccc21. The van der Waals surface area contributed by atoms with Gasteiger partial charge in [-0.2, -0.15) is 15.0 Å². The fourth-order valence-corrected chi connectivity index (χ4v) is 10.6. The van der Waals surface area contributed by atoms with Gasteiger partial charge in [-0.1, -0.05) is 60.7 Å². The molecule has 1 unspecified atom stereocenters. The van der Waals surface area contributed by atoms with Gasteiger partial charge < -0.3 is 4.57 Å². The monoisotopic (exact) mass is 689 g/mol. The first-order valence-electron chi connectivity index (χ1n) is 16.8. The van der Waals surface area contributed by atoms with Crippen molar-refractivity contribution in [3.8, 4) is 34.4 Å². The van der Waals surface area contributed by atoms with Crippen molar-refractivity contribution in [2.45, 2.75) is 0 Å². The van der Waals surface area contributed by atoms with E-state index in [1.54, 1.807) is 24.8 Å². The summed E-state index contributed by atoms with van der Waals surface area (Å²) >= 11 is 0. The Balaban J connectivity index is 1.21. The summed E-state index contributed by atoms with van der Waals surface area (Å²) in [5.41, 5.74) is 5.25. The van der Waals surface area contributed by atoms with E-state index in [9.17, 15) is 0 Å². The second-order valence-corrected chi connectivity index (χ2v) is 15.3. The van der Waals surface area contributed by atoms with E-state index < -0.39 is 7.14 Å². The van der Waals surface area contributed by atoms with Crippen LogP contribution in [0.25, 0.3) is 78.5 Å². The highest BCUT2D eigenvalue weighted by Gasteiger charge is 2.40. The lowest BCUT2D eigenvalue weighted by atomic mass is 10.0. The molecule has 10 aromatic rings. The van der Waals surface area contributed by atoms with Gasteiger partial charge in [-0.3, -0.25) is 0 Å². The first kappa shape index (κ1) is 28.9. The highest BCUT2D eigenvalue weighted by molar-refractivity contribution is 7.86. The zero-order valence-electron chi connectivity index (χ0n) is 27.2. The zero-order valence-corrected chi connectivity index (χ0v) is 28.1. The lowest BCUT2D eigenvalue weighted by Gasteiger charge is -2.16. The second-order valence-electron chi connectivity index (χ2n) is 12.6. The zero-order chi connectivity index (χ0) is 34.4. The predicted molar refractivity (Wildman–Crippen MR) is 204 cm³/mol. The van der Waals surface area contributed by atoms with E-state index in [0.29, 0.717) is 40.3 Å². The van der Waals surface area contributed by atoms with Gasteiger partial charge in [-0.05, 0) is 71.8 Å². The average molecular weight is 690 g/mol. The van der Waals surface area contributed by atoms with Crippen LogP contribution in [-0.2, 0) is 4.57 Å². The summed E-state index contributed by atoms with van der Waals surface area (Å²) in [7, 11) is -3.12. The number of hydrogen-bond acceptors (Lipinski definition) is 8. The van der Waals surface area contributed by atoms with E-state index in [0.717, 1.165) is 54.1 Å². The first-order valence-corrected chi connectivity index (χ1v) is 18.5. The number of aromatic nitrogens is 9. The van der Waals surface area contributed by atoms with Crippen LogP contribution in [0, 0.1) is 0 Å². The molecule has 7 aromatic heterocycles. The largest absolute Gasteiger partial charge is 0.309 e. The van der Waals surface area contributed by atoms with Gasteiger partial charge in [0.05, 0.1) is 0 Å². The Morgan fingerprint density at radius 2 is 0.923 bits per heavy atom. The normalized spacial score (nSPS) is 15.1. The van der Waals surface area contributed by atoms with Crippen molar-refractivity contribution in [2.24, 2.45) is 0 Å². The van der Waals surface area contributed by atoms with Crippen LogP contribution in [0.3, 0.4) is 0 Å². The van der Waals surface area contributed by atoms with E-state index in [4.69, 9.17) is 34.9 Å². The van der Waals surface area contributed by atoms with Crippen molar-refractivity contribution in [3.05, 3.63) is 146 Å². The van der Waals surface area contributed by atoms with Crippen molar-refractivity contribution in [1.82, 2.24) is 44.0 Å². The Hall–Kier alpha value is -6.90. The van der Waals surface area contributed by atoms with E-state index in [1.165, 1.54) is 0 Å². The molecule has 8 heterocycles. The van der Waals surface area contributed by atoms with Gasteiger partial charge >= 0.3 is 0 Å². The predicted octanol–water partition coefficient (Wildman–Crippen LogP) is 6.93. The molecule has 10 nitrogen and oxygen atoms in total. The number of rotatable bonds is 4. The summed E-state index contributed by atoms with van der Waals surface area (Å²) in [5, 5.41) is 6.15. The van der Waals surface area contributed by atoms with Gasteiger partial charge in [0.25, 0.3) is 0 Å². The third kappa shape index (κ3) is 3.95. The van der Waals surface area contributed by atoms with Crippen molar-refractivity contribution >= 4 is 67.2 Å². The summed E-state index contributed by atoms with van der Waals surface area (Å²) in [6.07, 6.45) is 7.02. The summed E-state index contributed by atoms with van der Waals surface area (Å²) in [5.74, 6) is 1.11. The number of pyridine rings is 4. The molecule has 0 aliphatic carbocycles. The maximum atomic E-state index is 15.1. The summed E-state index contributed by atoms with van der Waals surface area (Å²) in [6.45, 7) is 0. The minimum atomic E-state index is -3.12. The topological polar surface area (TPSA) is 117 Å². The standard InChI is InChI=1S/C41H24N9OP/c51-52(26-10-2-1-3-11-26)33-17-5-4-12-27(33)32-24-25(18-19-34(32)52)35-46-40(49-36-28(13-6-20-42-36)29-14-7-21-43-37(29)49)48-41(47-35)50-38-30(15-8-22-44-38)31-16-9-23-45-39(31)50/h1-24H. The van der Waals surface area contributed by atoms with Crippen molar-refractivity contribution in [2.75, 3.05) is 0 Å². The quantitative estimate of drug-likeness (QED) is 0.183. The Morgan fingerprint density at radius 1 is 0.442 bits per heavy atom. The van der Waals surface area contributed by atoms with E-state index >= 15 is 4.57 Å². The van der Waals surface area contributed by atoms with Crippen LogP contribution >= 0.6 is 7.14 Å². The van der Waals surface area contributed by atoms with E-state index in [1.807, 2.05) is 130 Å². The summed E-state index contributed by atoms with van der Waals surface area (Å²) in [6, 6.07) is 39.4.